The number of hydrogen-bond acceptors (Lipinski definition) is 5. The number of ether oxygens (including phenoxy) is 1. The molecule has 0 saturated heterocycles. The molecule has 2 aromatic carbocycles. The number of halogens is 2. The molecule has 0 radical (unpaired) electrons. The van der Waals surface area contributed by atoms with Crippen molar-refractivity contribution in [3.63, 3.8) is 0 Å². The van der Waals surface area contributed by atoms with Crippen LogP contribution in [0.4, 0.5) is 26.0 Å². The quantitative estimate of drug-likeness (QED) is 0.621. The number of aryl methyl sites for hydroxylation is 1. The van der Waals surface area contributed by atoms with E-state index in [1.54, 1.807) is 25.1 Å². The fourth-order valence-corrected chi connectivity index (χ4v) is 2.58. The van der Waals surface area contributed by atoms with Crippen molar-refractivity contribution < 1.29 is 18.3 Å². The second-order valence-electron chi connectivity index (χ2n) is 6.56. The first-order valence-corrected chi connectivity index (χ1v) is 8.96. The summed E-state index contributed by atoms with van der Waals surface area (Å²) in [6.45, 7) is 5.41. The molecule has 0 aliphatic heterocycles. The van der Waals surface area contributed by atoms with E-state index in [1.807, 2.05) is 19.9 Å². The number of amides is 1. The Morgan fingerprint density at radius 3 is 2.52 bits per heavy atom. The van der Waals surface area contributed by atoms with Gasteiger partial charge in [0.25, 0.3) is 5.91 Å². The fraction of sp³-hybridized carbons (Fsp3) is 0.190. The van der Waals surface area contributed by atoms with Crippen molar-refractivity contribution in [3.05, 3.63) is 71.7 Å². The second kappa shape index (κ2) is 8.64. The van der Waals surface area contributed by atoms with E-state index in [4.69, 9.17) is 4.74 Å². The normalized spacial score (nSPS) is 10.7. The lowest BCUT2D eigenvalue weighted by molar-refractivity contribution is 0.102. The average Bonchev–Trinajstić information content (AvgIpc) is 2.65. The minimum Gasteiger partial charge on any atom is -0.489 e. The van der Waals surface area contributed by atoms with Crippen molar-refractivity contribution in [2.24, 2.45) is 0 Å². The van der Waals surface area contributed by atoms with Crippen LogP contribution < -0.4 is 15.4 Å². The van der Waals surface area contributed by atoms with Crippen LogP contribution in [0.1, 0.15) is 30.2 Å². The van der Waals surface area contributed by atoms with Gasteiger partial charge in [0.1, 0.15) is 23.1 Å². The van der Waals surface area contributed by atoms with Gasteiger partial charge in [0.05, 0.1) is 11.8 Å². The van der Waals surface area contributed by atoms with Crippen molar-refractivity contribution in [2.45, 2.75) is 26.9 Å². The van der Waals surface area contributed by atoms with Gasteiger partial charge in [-0.1, -0.05) is 12.1 Å². The highest BCUT2D eigenvalue weighted by Crippen LogP contribution is 2.25. The Balaban J connectivity index is 1.82. The number of para-hydroxylation sites is 2. The van der Waals surface area contributed by atoms with Crippen LogP contribution >= 0.6 is 0 Å². The molecule has 1 amide bonds. The van der Waals surface area contributed by atoms with Crippen LogP contribution in [0.2, 0.25) is 0 Å². The van der Waals surface area contributed by atoms with Gasteiger partial charge in [0, 0.05) is 17.8 Å². The largest absolute Gasteiger partial charge is 0.489 e. The summed E-state index contributed by atoms with van der Waals surface area (Å²) in [7, 11) is 0. The van der Waals surface area contributed by atoms with Gasteiger partial charge in [0.2, 0.25) is 0 Å². The number of benzene rings is 2. The number of carbonyl (C=O) groups is 1. The first-order valence-electron chi connectivity index (χ1n) is 8.96. The summed E-state index contributed by atoms with van der Waals surface area (Å²) in [6, 6.07) is 11.9. The summed E-state index contributed by atoms with van der Waals surface area (Å²) in [5.74, 6) is -1.22. The number of aromatic nitrogens is 2. The van der Waals surface area contributed by atoms with Crippen molar-refractivity contribution in [3.8, 4) is 5.75 Å². The Labute approximate surface area is 167 Å². The predicted octanol–water partition coefficient (Wildman–Crippen LogP) is 4.85. The van der Waals surface area contributed by atoms with Crippen LogP contribution in [0.3, 0.4) is 0 Å². The molecule has 3 aromatic rings. The molecule has 0 unspecified atom stereocenters. The Morgan fingerprint density at radius 2 is 1.79 bits per heavy atom. The van der Waals surface area contributed by atoms with E-state index < -0.39 is 17.5 Å². The molecule has 0 saturated carbocycles. The van der Waals surface area contributed by atoms with Gasteiger partial charge in [-0.2, -0.15) is 0 Å². The highest BCUT2D eigenvalue weighted by molar-refractivity contribution is 6.04. The van der Waals surface area contributed by atoms with Crippen molar-refractivity contribution in [1.82, 2.24) is 9.97 Å². The van der Waals surface area contributed by atoms with Crippen molar-refractivity contribution in [1.29, 1.82) is 0 Å². The number of anilines is 3. The Kier molecular flexibility index (Phi) is 6.01. The molecule has 0 spiro atoms. The lowest BCUT2D eigenvalue weighted by atomic mass is 10.2. The Hall–Kier alpha value is -3.55. The summed E-state index contributed by atoms with van der Waals surface area (Å²) in [4.78, 5) is 21.1. The van der Waals surface area contributed by atoms with Crippen LogP contribution in [0.25, 0.3) is 0 Å². The van der Waals surface area contributed by atoms with Gasteiger partial charge < -0.3 is 15.4 Å². The van der Waals surface area contributed by atoms with Gasteiger partial charge in [-0.15, -0.1) is 0 Å². The van der Waals surface area contributed by atoms with E-state index in [2.05, 4.69) is 20.6 Å². The fourth-order valence-electron chi connectivity index (χ4n) is 2.58. The molecule has 0 bridgehead atoms. The first kappa shape index (κ1) is 20.2. The SMILES string of the molecule is Cc1nc(Nc2ccc(F)c(F)c2)cc(C(=O)Nc2ccccc2OC(C)C)n1. The molecule has 2 N–H and O–H groups in total. The number of nitrogens with one attached hydrogen (secondary N) is 2. The molecular weight excluding hydrogens is 378 g/mol. The number of hydrogen-bond donors (Lipinski definition) is 2. The molecule has 0 atom stereocenters. The summed E-state index contributed by atoms with van der Waals surface area (Å²) in [6.07, 6.45) is -0.0544. The molecule has 29 heavy (non-hydrogen) atoms. The van der Waals surface area contributed by atoms with Gasteiger partial charge in [-0.3, -0.25) is 4.79 Å². The maximum atomic E-state index is 13.4. The zero-order valence-corrected chi connectivity index (χ0v) is 16.2. The molecule has 0 fully saturated rings. The lowest BCUT2D eigenvalue weighted by Crippen LogP contribution is -2.17. The monoisotopic (exact) mass is 398 g/mol. The highest BCUT2D eigenvalue weighted by atomic mass is 19.2. The number of carbonyl (C=O) groups excluding carboxylic acids is 1. The number of rotatable bonds is 6. The van der Waals surface area contributed by atoms with Gasteiger partial charge in [-0.25, -0.2) is 18.7 Å². The number of nitrogens with zero attached hydrogens (tertiary/aromatic N) is 2. The lowest BCUT2D eigenvalue weighted by Gasteiger charge is -2.15. The van der Waals surface area contributed by atoms with E-state index in [9.17, 15) is 13.6 Å². The van der Waals surface area contributed by atoms with E-state index in [0.717, 1.165) is 12.1 Å². The van der Waals surface area contributed by atoms with Crippen LogP contribution in [-0.4, -0.2) is 22.0 Å². The predicted molar refractivity (Wildman–Crippen MR) is 107 cm³/mol. The Morgan fingerprint density at radius 1 is 1.03 bits per heavy atom. The zero-order valence-electron chi connectivity index (χ0n) is 16.2. The smallest absolute Gasteiger partial charge is 0.274 e. The minimum absolute atomic E-state index is 0.0544. The molecule has 0 aliphatic carbocycles. The second-order valence-corrected chi connectivity index (χ2v) is 6.56. The van der Waals surface area contributed by atoms with Crippen LogP contribution in [0.15, 0.2) is 48.5 Å². The highest BCUT2D eigenvalue weighted by Gasteiger charge is 2.14. The molecular formula is C21H20F2N4O2. The zero-order chi connectivity index (χ0) is 21.0. The van der Waals surface area contributed by atoms with E-state index >= 15 is 0 Å². The van der Waals surface area contributed by atoms with Gasteiger partial charge in [-0.05, 0) is 45.0 Å². The summed E-state index contributed by atoms with van der Waals surface area (Å²) >= 11 is 0. The van der Waals surface area contributed by atoms with Crippen LogP contribution in [0, 0.1) is 18.6 Å². The molecule has 8 heteroatoms. The maximum Gasteiger partial charge on any atom is 0.274 e. The molecule has 0 aliphatic rings. The third kappa shape index (κ3) is 5.25. The summed E-state index contributed by atoms with van der Waals surface area (Å²) in [5.41, 5.74) is 0.920. The summed E-state index contributed by atoms with van der Waals surface area (Å²) < 4.78 is 32.2. The summed E-state index contributed by atoms with van der Waals surface area (Å²) in [5, 5.41) is 5.62. The Bertz CT molecular complexity index is 1040. The average molecular weight is 398 g/mol. The van der Waals surface area contributed by atoms with Gasteiger partial charge in [0.15, 0.2) is 11.6 Å². The van der Waals surface area contributed by atoms with E-state index in [1.165, 1.54) is 12.1 Å². The van der Waals surface area contributed by atoms with Crippen molar-refractivity contribution >= 4 is 23.1 Å². The molecule has 1 aromatic heterocycles. The molecule has 3 rings (SSSR count). The molecule has 6 nitrogen and oxygen atoms in total. The third-order valence-electron chi connectivity index (χ3n) is 3.76. The van der Waals surface area contributed by atoms with E-state index in [0.29, 0.717) is 22.9 Å². The first-order chi connectivity index (χ1) is 13.8. The van der Waals surface area contributed by atoms with Crippen LogP contribution in [-0.2, 0) is 0 Å². The standard InChI is InChI=1S/C21H20F2N4O2/c1-12(2)29-19-7-5-4-6-17(19)27-21(28)18-11-20(25-13(3)24-18)26-14-8-9-15(22)16(23)10-14/h4-12H,1-3H3,(H,27,28)(H,24,25,26). The molecule has 1 heterocycles. The topological polar surface area (TPSA) is 76.1 Å². The van der Waals surface area contributed by atoms with Crippen LogP contribution in [0.5, 0.6) is 5.75 Å². The maximum absolute atomic E-state index is 13.4. The van der Waals surface area contributed by atoms with Crippen molar-refractivity contribution in [2.75, 3.05) is 10.6 Å². The van der Waals surface area contributed by atoms with Gasteiger partial charge >= 0.3 is 0 Å². The third-order valence-corrected chi connectivity index (χ3v) is 3.76. The molecule has 150 valence electrons. The minimum atomic E-state index is -0.986. The van der Waals surface area contributed by atoms with E-state index in [-0.39, 0.29) is 17.6 Å².